The van der Waals surface area contributed by atoms with Crippen LogP contribution in [0, 0.1) is 5.82 Å². The van der Waals surface area contributed by atoms with Gasteiger partial charge in [0, 0.05) is 17.3 Å². The van der Waals surface area contributed by atoms with Gasteiger partial charge in [-0.1, -0.05) is 24.3 Å². The number of imidazole rings is 1. The first-order valence-corrected chi connectivity index (χ1v) is 8.23. The quantitative estimate of drug-likeness (QED) is 0.523. The van der Waals surface area contributed by atoms with Crippen LogP contribution in [0.4, 0.5) is 4.39 Å². The van der Waals surface area contributed by atoms with Crippen LogP contribution < -0.4 is 9.47 Å². The summed E-state index contributed by atoms with van der Waals surface area (Å²) in [4.78, 5) is 4.41. The number of halogens is 1. The average molecular weight is 348 g/mol. The molecule has 0 saturated heterocycles. The highest BCUT2D eigenvalue weighted by molar-refractivity contribution is 5.67. The Hall–Kier alpha value is -3.34. The number of ether oxygens (including phenoxy) is 2. The monoisotopic (exact) mass is 348 g/mol. The lowest BCUT2D eigenvalue weighted by atomic mass is 10.1. The van der Waals surface area contributed by atoms with Gasteiger partial charge >= 0.3 is 0 Å². The Morgan fingerprint density at radius 3 is 2.69 bits per heavy atom. The van der Waals surface area contributed by atoms with Crippen LogP contribution in [0.1, 0.15) is 5.56 Å². The Kier molecular flexibility index (Phi) is 4.27. The number of nitrogens with zero attached hydrogens (tertiary/aromatic N) is 2. The molecule has 0 aliphatic heterocycles. The molecule has 0 fully saturated rings. The van der Waals surface area contributed by atoms with Crippen molar-refractivity contribution in [3.63, 3.8) is 0 Å². The molecule has 2 heterocycles. The molecule has 0 saturated carbocycles. The summed E-state index contributed by atoms with van der Waals surface area (Å²) in [6.45, 7) is 0.137. The largest absolute Gasteiger partial charge is 0.493 e. The lowest BCUT2D eigenvalue weighted by Gasteiger charge is -2.12. The van der Waals surface area contributed by atoms with Crippen molar-refractivity contribution in [3.8, 4) is 22.8 Å². The number of benzene rings is 2. The lowest BCUT2D eigenvalue weighted by molar-refractivity contribution is 0.280. The van der Waals surface area contributed by atoms with E-state index >= 15 is 0 Å². The molecule has 2 aromatic heterocycles. The third kappa shape index (κ3) is 2.99. The van der Waals surface area contributed by atoms with Crippen LogP contribution in [0.3, 0.4) is 0 Å². The van der Waals surface area contributed by atoms with Gasteiger partial charge in [0.25, 0.3) is 0 Å². The summed E-state index contributed by atoms with van der Waals surface area (Å²) in [6, 6.07) is 18.1. The fourth-order valence-corrected chi connectivity index (χ4v) is 2.86. The molecule has 0 atom stereocenters. The molecule has 0 N–H and O–H groups in total. The van der Waals surface area contributed by atoms with Crippen molar-refractivity contribution in [2.24, 2.45) is 0 Å². The number of hydrogen-bond acceptors (Lipinski definition) is 3. The number of methoxy groups -OCH3 is 1. The molecule has 4 rings (SSSR count). The van der Waals surface area contributed by atoms with E-state index in [1.807, 2.05) is 53.2 Å². The Morgan fingerprint density at radius 2 is 1.85 bits per heavy atom. The summed E-state index contributed by atoms with van der Waals surface area (Å²) in [5.41, 5.74) is 3.29. The Morgan fingerprint density at radius 1 is 1.00 bits per heavy atom. The Labute approximate surface area is 150 Å². The van der Waals surface area contributed by atoms with Crippen molar-refractivity contribution < 1.29 is 13.9 Å². The van der Waals surface area contributed by atoms with E-state index in [1.54, 1.807) is 25.3 Å². The standard InChI is InChI=1S/C21H17FN2O2/c1-25-20-12-15(18-13-23-21-8-4-5-11-24(18)21)9-10-19(20)26-14-16-6-2-3-7-17(16)22/h2-13H,14H2,1H3. The van der Waals surface area contributed by atoms with Crippen molar-refractivity contribution in [1.82, 2.24) is 9.38 Å². The lowest BCUT2D eigenvalue weighted by Crippen LogP contribution is -2.00. The predicted molar refractivity (Wildman–Crippen MR) is 97.9 cm³/mol. The molecular weight excluding hydrogens is 331 g/mol. The minimum atomic E-state index is -0.284. The highest BCUT2D eigenvalue weighted by Gasteiger charge is 2.11. The van der Waals surface area contributed by atoms with Gasteiger partial charge < -0.3 is 9.47 Å². The molecule has 4 nitrogen and oxygen atoms in total. The Balaban J connectivity index is 1.63. The Bertz CT molecular complexity index is 1060. The van der Waals surface area contributed by atoms with Crippen molar-refractivity contribution >= 4 is 5.65 Å². The van der Waals surface area contributed by atoms with Crippen LogP contribution in [0.5, 0.6) is 11.5 Å². The van der Waals surface area contributed by atoms with E-state index in [-0.39, 0.29) is 12.4 Å². The maximum atomic E-state index is 13.8. The van der Waals surface area contributed by atoms with E-state index in [1.165, 1.54) is 6.07 Å². The summed E-state index contributed by atoms with van der Waals surface area (Å²) in [5.74, 6) is 0.867. The van der Waals surface area contributed by atoms with Gasteiger partial charge in [-0.05, 0) is 36.4 Å². The van der Waals surface area contributed by atoms with E-state index in [2.05, 4.69) is 4.98 Å². The third-order valence-electron chi connectivity index (χ3n) is 4.22. The molecule has 0 unspecified atom stereocenters. The van der Waals surface area contributed by atoms with Crippen molar-refractivity contribution in [2.75, 3.05) is 7.11 Å². The second-order valence-electron chi connectivity index (χ2n) is 5.82. The minimum Gasteiger partial charge on any atom is -0.493 e. The predicted octanol–water partition coefficient (Wildman–Crippen LogP) is 4.73. The molecule has 0 bridgehead atoms. The van der Waals surface area contributed by atoms with E-state index < -0.39 is 0 Å². The topological polar surface area (TPSA) is 35.8 Å². The molecule has 0 aliphatic rings. The molecule has 0 aliphatic carbocycles. The molecule has 0 radical (unpaired) electrons. The fourth-order valence-electron chi connectivity index (χ4n) is 2.86. The molecular formula is C21H17FN2O2. The molecule has 130 valence electrons. The molecule has 0 amide bonds. The summed E-state index contributed by atoms with van der Waals surface area (Å²) in [6.07, 6.45) is 3.79. The van der Waals surface area contributed by atoms with Gasteiger partial charge in [-0.15, -0.1) is 0 Å². The second-order valence-corrected chi connectivity index (χ2v) is 5.82. The first-order valence-electron chi connectivity index (χ1n) is 8.23. The maximum Gasteiger partial charge on any atom is 0.161 e. The maximum absolute atomic E-state index is 13.8. The highest BCUT2D eigenvalue weighted by atomic mass is 19.1. The number of hydrogen-bond donors (Lipinski definition) is 0. The van der Waals surface area contributed by atoms with Gasteiger partial charge in [0.2, 0.25) is 0 Å². The van der Waals surface area contributed by atoms with Crippen LogP contribution in [0.25, 0.3) is 16.9 Å². The normalized spacial score (nSPS) is 10.8. The zero-order valence-electron chi connectivity index (χ0n) is 14.2. The molecule has 0 spiro atoms. The van der Waals surface area contributed by atoms with Gasteiger partial charge in [0.15, 0.2) is 11.5 Å². The van der Waals surface area contributed by atoms with Gasteiger partial charge in [-0.2, -0.15) is 0 Å². The number of aromatic nitrogens is 2. The summed E-state index contributed by atoms with van der Waals surface area (Å²) in [5, 5.41) is 0. The zero-order chi connectivity index (χ0) is 17.9. The molecule has 5 heteroatoms. The van der Waals surface area contributed by atoms with Crippen LogP contribution >= 0.6 is 0 Å². The minimum absolute atomic E-state index is 0.137. The number of fused-ring (bicyclic) bond motifs is 1. The van der Waals surface area contributed by atoms with E-state index in [4.69, 9.17) is 9.47 Å². The van der Waals surface area contributed by atoms with Crippen molar-refractivity contribution in [1.29, 1.82) is 0 Å². The van der Waals surface area contributed by atoms with Gasteiger partial charge in [-0.25, -0.2) is 9.37 Å². The summed E-state index contributed by atoms with van der Waals surface area (Å²) >= 11 is 0. The van der Waals surface area contributed by atoms with Crippen LogP contribution in [0.2, 0.25) is 0 Å². The van der Waals surface area contributed by atoms with Gasteiger partial charge in [0.1, 0.15) is 18.1 Å². The third-order valence-corrected chi connectivity index (χ3v) is 4.22. The van der Waals surface area contributed by atoms with E-state index in [0.29, 0.717) is 17.1 Å². The fraction of sp³-hybridized carbons (Fsp3) is 0.0952. The SMILES string of the molecule is COc1cc(-c2cnc3ccccn23)ccc1OCc1ccccc1F. The molecule has 26 heavy (non-hydrogen) atoms. The summed E-state index contributed by atoms with van der Waals surface area (Å²) in [7, 11) is 1.59. The van der Waals surface area contributed by atoms with Gasteiger partial charge in [-0.3, -0.25) is 4.40 Å². The van der Waals surface area contributed by atoms with Crippen molar-refractivity contribution in [2.45, 2.75) is 6.61 Å². The summed E-state index contributed by atoms with van der Waals surface area (Å²) < 4.78 is 27.0. The van der Waals surface area contributed by atoms with E-state index in [0.717, 1.165) is 16.9 Å². The smallest absolute Gasteiger partial charge is 0.161 e. The van der Waals surface area contributed by atoms with E-state index in [9.17, 15) is 4.39 Å². The van der Waals surface area contributed by atoms with Crippen molar-refractivity contribution in [3.05, 3.63) is 84.4 Å². The van der Waals surface area contributed by atoms with Crippen LogP contribution in [-0.2, 0) is 6.61 Å². The number of rotatable bonds is 5. The van der Waals surface area contributed by atoms with Crippen LogP contribution in [0.15, 0.2) is 73.1 Å². The molecule has 4 aromatic rings. The highest BCUT2D eigenvalue weighted by Crippen LogP contribution is 2.33. The second kappa shape index (κ2) is 6.88. The zero-order valence-corrected chi connectivity index (χ0v) is 14.2. The van der Waals surface area contributed by atoms with Gasteiger partial charge in [0.05, 0.1) is 19.0 Å². The average Bonchev–Trinajstić information content (AvgIpc) is 3.11. The van der Waals surface area contributed by atoms with Crippen LogP contribution in [-0.4, -0.2) is 16.5 Å². The number of pyridine rings is 1. The first-order chi connectivity index (χ1) is 12.8. The first kappa shape index (κ1) is 16.1. The molecule has 2 aromatic carbocycles.